The second kappa shape index (κ2) is 6.35. The van der Waals surface area contributed by atoms with E-state index in [-0.39, 0.29) is 23.7 Å². The van der Waals surface area contributed by atoms with E-state index in [1.54, 1.807) is 12.3 Å². The topological polar surface area (TPSA) is 60.9 Å². The Morgan fingerprint density at radius 2 is 2.25 bits per heavy atom. The lowest BCUT2D eigenvalue weighted by Gasteiger charge is -2.22. The Morgan fingerprint density at radius 3 is 2.80 bits per heavy atom. The second-order valence-corrected chi connectivity index (χ2v) is 5.15. The number of aromatic amines is 1. The van der Waals surface area contributed by atoms with E-state index in [2.05, 4.69) is 15.5 Å². The van der Waals surface area contributed by atoms with Crippen molar-refractivity contribution in [1.82, 2.24) is 15.5 Å². The van der Waals surface area contributed by atoms with E-state index in [9.17, 15) is 9.50 Å². The number of H-pyrrole nitrogens is 1. The fraction of sp³-hybridized carbons (Fsp3) is 0.357. The van der Waals surface area contributed by atoms with Crippen LogP contribution in [-0.4, -0.2) is 21.9 Å². The SMILES string of the molecule is Cc1[nH]ncc1C(C)NC(CO)c1ccc(Cl)c(F)c1. The Morgan fingerprint density at radius 1 is 1.50 bits per heavy atom. The summed E-state index contributed by atoms with van der Waals surface area (Å²) >= 11 is 5.67. The van der Waals surface area contributed by atoms with Crippen LogP contribution in [-0.2, 0) is 0 Å². The predicted octanol–water partition coefficient (Wildman–Crippen LogP) is 2.89. The molecule has 0 aliphatic heterocycles. The molecule has 0 aliphatic rings. The molecule has 0 bridgehead atoms. The number of hydrogen-bond donors (Lipinski definition) is 3. The van der Waals surface area contributed by atoms with Crippen LogP contribution in [0.1, 0.15) is 35.8 Å². The second-order valence-electron chi connectivity index (χ2n) is 4.75. The van der Waals surface area contributed by atoms with Gasteiger partial charge in [0.05, 0.1) is 23.9 Å². The maximum atomic E-state index is 13.5. The van der Waals surface area contributed by atoms with Crippen molar-refractivity contribution in [2.75, 3.05) is 6.61 Å². The number of halogens is 2. The zero-order valence-corrected chi connectivity index (χ0v) is 12.1. The molecule has 0 saturated heterocycles. The quantitative estimate of drug-likeness (QED) is 0.795. The summed E-state index contributed by atoms with van der Waals surface area (Å²) in [7, 11) is 0. The molecule has 0 radical (unpaired) electrons. The summed E-state index contributed by atoms with van der Waals surface area (Å²) in [5, 5.41) is 19.7. The van der Waals surface area contributed by atoms with Gasteiger partial charge in [0, 0.05) is 17.3 Å². The molecular weight excluding hydrogens is 281 g/mol. The molecule has 1 aromatic heterocycles. The van der Waals surface area contributed by atoms with Crippen molar-refractivity contribution in [2.45, 2.75) is 25.9 Å². The molecule has 2 unspecified atom stereocenters. The monoisotopic (exact) mass is 297 g/mol. The van der Waals surface area contributed by atoms with Crippen molar-refractivity contribution in [1.29, 1.82) is 0 Å². The van der Waals surface area contributed by atoms with Gasteiger partial charge in [0.15, 0.2) is 0 Å². The van der Waals surface area contributed by atoms with Crippen LogP contribution in [0.4, 0.5) is 4.39 Å². The minimum atomic E-state index is -0.489. The average molecular weight is 298 g/mol. The predicted molar refractivity (Wildman–Crippen MR) is 76.1 cm³/mol. The highest BCUT2D eigenvalue weighted by Gasteiger charge is 2.17. The van der Waals surface area contributed by atoms with Crippen LogP contribution in [0, 0.1) is 12.7 Å². The number of aliphatic hydroxyl groups is 1. The third-order valence-electron chi connectivity index (χ3n) is 3.32. The van der Waals surface area contributed by atoms with Crippen molar-refractivity contribution < 1.29 is 9.50 Å². The zero-order chi connectivity index (χ0) is 14.7. The van der Waals surface area contributed by atoms with Crippen molar-refractivity contribution in [3.63, 3.8) is 0 Å². The highest BCUT2D eigenvalue weighted by atomic mass is 35.5. The summed E-state index contributed by atoms with van der Waals surface area (Å²) in [4.78, 5) is 0. The maximum Gasteiger partial charge on any atom is 0.142 e. The van der Waals surface area contributed by atoms with Gasteiger partial charge in [-0.1, -0.05) is 17.7 Å². The fourth-order valence-corrected chi connectivity index (χ4v) is 2.29. The Balaban J connectivity index is 2.16. The summed E-state index contributed by atoms with van der Waals surface area (Å²) in [6.45, 7) is 3.76. The van der Waals surface area contributed by atoms with Gasteiger partial charge in [-0.25, -0.2) is 4.39 Å². The Hall–Kier alpha value is -1.43. The van der Waals surface area contributed by atoms with Gasteiger partial charge in [-0.3, -0.25) is 5.10 Å². The third-order valence-corrected chi connectivity index (χ3v) is 3.62. The molecule has 0 saturated carbocycles. The molecule has 2 aromatic rings. The van der Waals surface area contributed by atoms with E-state index in [0.29, 0.717) is 5.56 Å². The molecule has 4 nitrogen and oxygen atoms in total. The smallest absolute Gasteiger partial charge is 0.142 e. The van der Waals surface area contributed by atoms with Gasteiger partial charge < -0.3 is 10.4 Å². The zero-order valence-electron chi connectivity index (χ0n) is 11.3. The third kappa shape index (κ3) is 3.17. The standard InChI is InChI=1S/C14H17ClFN3O/c1-8(11-6-17-19-9(11)2)18-14(7-20)10-3-4-12(15)13(16)5-10/h3-6,8,14,18,20H,7H2,1-2H3,(H,17,19). The molecule has 0 spiro atoms. The highest BCUT2D eigenvalue weighted by Crippen LogP contribution is 2.23. The summed E-state index contributed by atoms with van der Waals surface area (Å²) in [6.07, 6.45) is 1.74. The number of nitrogens with zero attached hydrogens (tertiary/aromatic N) is 1. The molecule has 0 aliphatic carbocycles. The van der Waals surface area contributed by atoms with Gasteiger partial charge in [-0.15, -0.1) is 0 Å². The van der Waals surface area contributed by atoms with Gasteiger partial charge in [0.25, 0.3) is 0 Å². The van der Waals surface area contributed by atoms with E-state index in [1.165, 1.54) is 12.1 Å². The molecule has 0 fully saturated rings. The van der Waals surface area contributed by atoms with Gasteiger partial charge in [-0.05, 0) is 31.5 Å². The lowest BCUT2D eigenvalue weighted by molar-refractivity contribution is 0.235. The molecule has 108 valence electrons. The minimum absolute atomic E-state index is 0.0235. The van der Waals surface area contributed by atoms with Gasteiger partial charge in [-0.2, -0.15) is 5.10 Å². The number of rotatable bonds is 5. The molecular formula is C14H17ClFN3O. The first kappa shape index (κ1) is 15.0. The van der Waals surface area contributed by atoms with Gasteiger partial charge in [0.2, 0.25) is 0 Å². The molecule has 1 aromatic carbocycles. The van der Waals surface area contributed by atoms with E-state index in [1.807, 2.05) is 13.8 Å². The molecule has 20 heavy (non-hydrogen) atoms. The Kier molecular flexibility index (Phi) is 4.75. The Bertz CT molecular complexity index is 588. The van der Waals surface area contributed by atoms with Crippen LogP contribution >= 0.6 is 11.6 Å². The van der Waals surface area contributed by atoms with E-state index in [4.69, 9.17) is 11.6 Å². The van der Waals surface area contributed by atoms with Gasteiger partial charge in [0.1, 0.15) is 5.82 Å². The Labute approximate surface area is 122 Å². The van der Waals surface area contributed by atoms with E-state index >= 15 is 0 Å². The normalized spacial score (nSPS) is 14.2. The van der Waals surface area contributed by atoms with Crippen molar-refractivity contribution in [2.24, 2.45) is 0 Å². The molecule has 2 rings (SSSR count). The molecule has 0 amide bonds. The van der Waals surface area contributed by atoms with Crippen LogP contribution in [0.3, 0.4) is 0 Å². The summed E-state index contributed by atoms with van der Waals surface area (Å²) < 4.78 is 13.5. The average Bonchev–Trinajstić information content (AvgIpc) is 2.85. The molecule has 6 heteroatoms. The number of aryl methyl sites for hydroxylation is 1. The van der Waals surface area contributed by atoms with E-state index < -0.39 is 5.82 Å². The number of aliphatic hydroxyl groups excluding tert-OH is 1. The van der Waals surface area contributed by atoms with Crippen LogP contribution in [0.5, 0.6) is 0 Å². The van der Waals surface area contributed by atoms with E-state index in [0.717, 1.165) is 11.3 Å². The lowest BCUT2D eigenvalue weighted by Crippen LogP contribution is -2.27. The molecule has 2 atom stereocenters. The van der Waals surface area contributed by atoms with Crippen LogP contribution in [0.15, 0.2) is 24.4 Å². The number of aromatic nitrogens is 2. The largest absolute Gasteiger partial charge is 0.394 e. The summed E-state index contributed by atoms with van der Waals surface area (Å²) in [5.41, 5.74) is 2.63. The minimum Gasteiger partial charge on any atom is -0.394 e. The highest BCUT2D eigenvalue weighted by molar-refractivity contribution is 6.30. The van der Waals surface area contributed by atoms with Crippen LogP contribution < -0.4 is 5.32 Å². The van der Waals surface area contributed by atoms with Crippen molar-refractivity contribution in [3.05, 3.63) is 52.1 Å². The van der Waals surface area contributed by atoms with Crippen LogP contribution in [0.2, 0.25) is 5.02 Å². The molecule has 1 heterocycles. The first-order valence-electron chi connectivity index (χ1n) is 6.34. The first-order valence-corrected chi connectivity index (χ1v) is 6.72. The maximum absolute atomic E-state index is 13.5. The lowest BCUT2D eigenvalue weighted by atomic mass is 10.0. The number of benzene rings is 1. The first-order chi connectivity index (χ1) is 9.52. The van der Waals surface area contributed by atoms with Crippen molar-refractivity contribution >= 4 is 11.6 Å². The summed E-state index contributed by atoms with van der Waals surface area (Å²) in [6, 6.07) is 4.14. The van der Waals surface area contributed by atoms with Gasteiger partial charge >= 0.3 is 0 Å². The fourth-order valence-electron chi connectivity index (χ4n) is 2.17. The van der Waals surface area contributed by atoms with Crippen LogP contribution in [0.25, 0.3) is 0 Å². The van der Waals surface area contributed by atoms with Crippen molar-refractivity contribution in [3.8, 4) is 0 Å². The molecule has 3 N–H and O–H groups in total. The summed E-state index contributed by atoms with van der Waals surface area (Å²) in [5.74, 6) is -0.489. The number of hydrogen-bond acceptors (Lipinski definition) is 3. The number of nitrogens with one attached hydrogen (secondary N) is 2.